The number of fused-ring (bicyclic) bond motifs is 2. The van der Waals surface area contributed by atoms with Gasteiger partial charge in [-0.05, 0) is 35.4 Å². The molecule has 4 heterocycles. The number of hydrogen-bond donors (Lipinski definition) is 2. The van der Waals surface area contributed by atoms with E-state index in [0.29, 0.717) is 24.3 Å². The lowest BCUT2D eigenvalue weighted by Crippen LogP contribution is -2.31. The number of ether oxygens (including phenoxy) is 1. The van der Waals surface area contributed by atoms with Crippen LogP contribution in [0.1, 0.15) is 12.8 Å². The summed E-state index contributed by atoms with van der Waals surface area (Å²) in [4.78, 5) is 36.1. The van der Waals surface area contributed by atoms with E-state index < -0.39 is 0 Å². The zero-order chi connectivity index (χ0) is 19.1. The van der Waals surface area contributed by atoms with Crippen molar-refractivity contribution in [3.63, 3.8) is 0 Å². The summed E-state index contributed by atoms with van der Waals surface area (Å²) in [5.74, 6) is 0.551. The largest absolute Gasteiger partial charge is 0.475 e. The fraction of sp³-hybridized carbons (Fsp3) is 0.200. The molecule has 28 heavy (non-hydrogen) atoms. The average Bonchev–Trinajstić information content (AvgIpc) is 3.37. The van der Waals surface area contributed by atoms with Gasteiger partial charge in [0.15, 0.2) is 0 Å². The number of pyridine rings is 2. The lowest BCUT2D eigenvalue weighted by Gasteiger charge is -2.13. The molecule has 5 rings (SSSR count). The number of nitrogens with zero attached hydrogens (tertiary/aromatic N) is 2. The molecule has 1 aromatic carbocycles. The molecule has 4 aromatic rings. The topological polar surface area (TPSA) is 97.0 Å². The monoisotopic (exact) mass is 392 g/mol. The molecular weight excluding hydrogens is 376 g/mol. The predicted octanol–water partition coefficient (Wildman–Crippen LogP) is 2.86. The highest BCUT2D eigenvalue weighted by Crippen LogP contribution is 2.33. The highest BCUT2D eigenvalue weighted by atomic mass is 32.1. The molecule has 0 spiro atoms. The average molecular weight is 392 g/mol. The molecule has 3 aromatic heterocycles. The zero-order valence-electron chi connectivity index (χ0n) is 14.8. The molecule has 7 nitrogen and oxygen atoms in total. The quantitative estimate of drug-likeness (QED) is 0.521. The Morgan fingerprint density at radius 2 is 2.14 bits per heavy atom. The van der Waals surface area contributed by atoms with Gasteiger partial charge < -0.3 is 15.0 Å². The molecule has 0 saturated carbocycles. The normalized spacial score (nSPS) is 16.6. The van der Waals surface area contributed by atoms with Gasteiger partial charge in [0, 0.05) is 41.3 Å². The third-order valence-corrected chi connectivity index (χ3v) is 5.76. The maximum Gasteiger partial charge on any atom is 0.255 e. The van der Waals surface area contributed by atoms with Gasteiger partial charge in [-0.2, -0.15) is 0 Å². The number of aromatic nitrogens is 3. The molecule has 8 heteroatoms. The Balaban J connectivity index is 1.62. The predicted molar refractivity (Wildman–Crippen MR) is 108 cm³/mol. The molecule has 2 N–H and O–H groups in total. The summed E-state index contributed by atoms with van der Waals surface area (Å²) < 4.78 is 5.94. The number of aromatic amines is 1. The van der Waals surface area contributed by atoms with E-state index in [2.05, 4.69) is 20.3 Å². The van der Waals surface area contributed by atoms with Crippen LogP contribution in [0.25, 0.3) is 32.0 Å². The maximum absolute atomic E-state index is 12.4. The zero-order valence-corrected chi connectivity index (χ0v) is 15.6. The van der Waals surface area contributed by atoms with E-state index in [1.165, 1.54) is 11.3 Å². The first-order chi connectivity index (χ1) is 13.7. The Kier molecular flexibility index (Phi) is 4.05. The molecule has 1 aliphatic rings. The lowest BCUT2D eigenvalue weighted by molar-refractivity contribution is -0.119. The number of hydrogen-bond acceptors (Lipinski definition) is 6. The second-order valence-corrected chi connectivity index (χ2v) is 7.63. The summed E-state index contributed by atoms with van der Waals surface area (Å²) in [5, 5.41) is 6.03. The van der Waals surface area contributed by atoms with Crippen LogP contribution < -0.4 is 15.6 Å². The van der Waals surface area contributed by atoms with E-state index in [4.69, 9.17) is 4.74 Å². The fourth-order valence-electron chi connectivity index (χ4n) is 3.55. The van der Waals surface area contributed by atoms with Crippen LogP contribution in [-0.4, -0.2) is 33.5 Å². The maximum atomic E-state index is 12.4. The van der Waals surface area contributed by atoms with E-state index in [-0.39, 0.29) is 17.5 Å². The standard InChI is InChI=1S/C20H16N4O3S/c25-18-2-1-12(24-18)9-27-20-13-6-14-15(5-11(13)3-4-22-20)19(26)23-7-16(14)17-8-21-10-28-17/h3-8,10,12H,1-2,9H2,(H,23,26)(H,24,25)/t12-/m0/s1. The molecule has 140 valence electrons. The number of rotatable bonds is 4. The van der Waals surface area contributed by atoms with Crippen molar-refractivity contribution in [3.8, 4) is 16.3 Å². The third-order valence-electron chi connectivity index (χ3n) is 4.95. The molecule has 0 bridgehead atoms. The molecule has 0 aliphatic carbocycles. The highest BCUT2D eigenvalue weighted by molar-refractivity contribution is 7.13. The molecule has 1 atom stereocenters. The van der Waals surface area contributed by atoms with Crippen LogP contribution in [0, 0.1) is 0 Å². The molecule has 1 amide bonds. The summed E-state index contributed by atoms with van der Waals surface area (Å²) >= 11 is 1.51. The van der Waals surface area contributed by atoms with Crippen molar-refractivity contribution in [2.75, 3.05) is 6.61 Å². The first kappa shape index (κ1) is 16.9. The molecule has 1 fully saturated rings. The number of benzene rings is 1. The second-order valence-electron chi connectivity index (χ2n) is 6.75. The van der Waals surface area contributed by atoms with E-state index >= 15 is 0 Å². The van der Waals surface area contributed by atoms with Gasteiger partial charge in [0.25, 0.3) is 5.56 Å². The van der Waals surface area contributed by atoms with Crippen LogP contribution in [0.3, 0.4) is 0 Å². The molecule has 1 saturated heterocycles. The summed E-state index contributed by atoms with van der Waals surface area (Å²) in [6.45, 7) is 0.368. The van der Waals surface area contributed by atoms with Crippen LogP contribution in [0.5, 0.6) is 5.88 Å². The Morgan fingerprint density at radius 1 is 1.21 bits per heavy atom. The first-order valence-corrected chi connectivity index (χ1v) is 9.82. The SMILES string of the molecule is O=C1CC[C@@H](COc2nccc3cc4c(=O)[nH]cc(-c5cncs5)c4cc23)N1. The first-order valence-electron chi connectivity index (χ1n) is 8.94. The molecule has 0 radical (unpaired) electrons. The van der Waals surface area contributed by atoms with Crippen molar-refractivity contribution < 1.29 is 9.53 Å². The highest BCUT2D eigenvalue weighted by Gasteiger charge is 2.21. The van der Waals surface area contributed by atoms with Crippen molar-refractivity contribution in [3.05, 3.63) is 52.7 Å². The minimum absolute atomic E-state index is 0.000566. The Labute approximate surface area is 163 Å². The van der Waals surface area contributed by atoms with E-state index in [0.717, 1.165) is 33.0 Å². The van der Waals surface area contributed by atoms with Crippen LogP contribution >= 0.6 is 11.3 Å². The summed E-state index contributed by atoms with van der Waals surface area (Å²) in [6, 6.07) is 5.67. The minimum atomic E-state index is -0.141. The van der Waals surface area contributed by atoms with Gasteiger partial charge >= 0.3 is 0 Å². The fourth-order valence-corrected chi connectivity index (χ4v) is 4.20. The number of H-pyrrole nitrogens is 1. The molecule has 1 aliphatic heterocycles. The Morgan fingerprint density at radius 3 is 2.93 bits per heavy atom. The second kappa shape index (κ2) is 6.72. The minimum Gasteiger partial charge on any atom is -0.475 e. The van der Waals surface area contributed by atoms with Crippen LogP contribution in [0.15, 0.2) is 47.1 Å². The summed E-state index contributed by atoms with van der Waals surface area (Å²) in [6.07, 6.45) is 6.46. The van der Waals surface area contributed by atoms with E-state index in [9.17, 15) is 9.59 Å². The Hall–Kier alpha value is -3.26. The number of amides is 1. The van der Waals surface area contributed by atoms with Gasteiger partial charge in [-0.3, -0.25) is 14.6 Å². The van der Waals surface area contributed by atoms with Crippen LogP contribution in [-0.2, 0) is 4.79 Å². The molecular formula is C20H16N4O3S. The summed E-state index contributed by atoms with van der Waals surface area (Å²) in [7, 11) is 0. The van der Waals surface area contributed by atoms with Crippen molar-refractivity contribution in [2.24, 2.45) is 0 Å². The van der Waals surface area contributed by atoms with Crippen molar-refractivity contribution in [2.45, 2.75) is 18.9 Å². The van der Waals surface area contributed by atoms with E-state index in [1.807, 2.05) is 18.2 Å². The summed E-state index contributed by atoms with van der Waals surface area (Å²) in [5.41, 5.74) is 2.54. The lowest BCUT2D eigenvalue weighted by atomic mass is 10.0. The van der Waals surface area contributed by atoms with Crippen LogP contribution in [0.4, 0.5) is 0 Å². The number of thiazole rings is 1. The van der Waals surface area contributed by atoms with Crippen LogP contribution in [0.2, 0.25) is 0 Å². The van der Waals surface area contributed by atoms with Gasteiger partial charge in [-0.15, -0.1) is 11.3 Å². The Bertz CT molecular complexity index is 1250. The van der Waals surface area contributed by atoms with Gasteiger partial charge in [0.05, 0.1) is 16.4 Å². The van der Waals surface area contributed by atoms with Crippen molar-refractivity contribution in [1.29, 1.82) is 0 Å². The van der Waals surface area contributed by atoms with Gasteiger partial charge in [-0.25, -0.2) is 4.98 Å². The number of carbonyl (C=O) groups is 1. The molecule has 0 unspecified atom stereocenters. The number of nitrogens with one attached hydrogen (secondary N) is 2. The van der Waals surface area contributed by atoms with Gasteiger partial charge in [0.1, 0.15) is 6.61 Å². The van der Waals surface area contributed by atoms with E-state index in [1.54, 1.807) is 24.1 Å². The number of carbonyl (C=O) groups excluding carboxylic acids is 1. The third kappa shape index (κ3) is 2.91. The van der Waals surface area contributed by atoms with Crippen molar-refractivity contribution >= 4 is 38.8 Å². The van der Waals surface area contributed by atoms with Gasteiger partial charge in [-0.1, -0.05) is 0 Å². The van der Waals surface area contributed by atoms with Crippen molar-refractivity contribution in [1.82, 2.24) is 20.3 Å². The smallest absolute Gasteiger partial charge is 0.255 e. The van der Waals surface area contributed by atoms with Gasteiger partial charge in [0.2, 0.25) is 11.8 Å².